The lowest BCUT2D eigenvalue weighted by Crippen LogP contribution is -1.73. The van der Waals surface area contributed by atoms with Crippen molar-refractivity contribution in [3.05, 3.63) is 40.4 Å². The van der Waals surface area contributed by atoms with Crippen LogP contribution in [0.4, 0.5) is 8.78 Å². The maximum absolute atomic E-state index is 12.3. The number of benzene rings is 1. The first-order valence-electron chi connectivity index (χ1n) is 4.16. The standard InChI is InChI=1S/C10H6ClF2NS/c11-7-3-1-6(2-4-7)10-14-5-8(15-10)9(12)13/h1-5,9H. The summed E-state index contributed by atoms with van der Waals surface area (Å²) >= 11 is 6.71. The lowest BCUT2D eigenvalue weighted by molar-refractivity contribution is 0.155. The number of aromatic nitrogens is 1. The van der Waals surface area contributed by atoms with Crippen LogP contribution in [0.15, 0.2) is 30.5 Å². The maximum Gasteiger partial charge on any atom is 0.274 e. The second-order valence-corrected chi connectivity index (χ2v) is 4.37. The molecule has 0 N–H and O–H groups in total. The van der Waals surface area contributed by atoms with E-state index in [1.165, 1.54) is 6.20 Å². The number of hydrogen-bond donors (Lipinski definition) is 0. The number of rotatable bonds is 2. The van der Waals surface area contributed by atoms with Gasteiger partial charge in [0, 0.05) is 16.8 Å². The molecular formula is C10H6ClF2NS. The lowest BCUT2D eigenvalue weighted by Gasteiger charge is -1.95. The molecule has 0 radical (unpaired) electrons. The van der Waals surface area contributed by atoms with Crippen LogP contribution in [0.3, 0.4) is 0 Å². The first-order chi connectivity index (χ1) is 7.16. The van der Waals surface area contributed by atoms with E-state index in [-0.39, 0.29) is 4.88 Å². The topological polar surface area (TPSA) is 12.9 Å². The van der Waals surface area contributed by atoms with Crippen molar-refractivity contribution in [3.63, 3.8) is 0 Å². The number of alkyl halides is 2. The largest absolute Gasteiger partial charge is 0.274 e. The van der Waals surface area contributed by atoms with Crippen molar-refractivity contribution in [2.24, 2.45) is 0 Å². The Balaban J connectivity index is 2.33. The van der Waals surface area contributed by atoms with Gasteiger partial charge in [-0.05, 0) is 12.1 Å². The van der Waals surface area contributed by atoms with Gasteiger partial charge in [0.25, 0.3) is 6.43 Å². The lowest BCUT2D eigenvalue weighted by atomic mass is 10.2. The average Bonchev–Trinajstić information content (AvgIpc) is 2.68. The Bertz CT molecular complexity index is 453. The molecule has 5 heteroatoms. The fourth-order valence-corrected chi connectivity index (χ4v) is 2.02. The minimum absolute atomic E-state index is 0.0139. The summed E-state index contributed by atoms with van der Waals surface area (Å²) in [7, 11) is 0. The SMILES string of the molecule is FC(F)c1cnc(-c2ccc(Cl)cc2)s1. The van der Waals surface area contributed by atoms with E-state index in [4.69, 9.17) is 11.6 Å². The van der Waals surface area contributed by atoms with Gasteiger partial charge in [-0.15, -0.1) is 11.3 Å². The second kappa shape index (κ2) is 4.24. The van der Waals surface area contributed by atoms with E-state index in [1.54, 1.807) is 24.3 Å². The minimum Gasteiger partial charge on any atom is -0.244 e. The van der Waals surface area contributed by atoms with Crippen LogP contribution in [-0.4, -0.2) is 4.98 Å². The van der Waals surface area contributed by atoms with Gasteiger partial charge in [0.15, 0.2) is 0 Å². The van der Waals surface area contributed by atoms with Crippen LogP contribution in [0.5, 0.6) is 0 Å². The van der Waals surface area contributed by atoms with Crippen LogP contribution >= 0.6 is 22.9 Å². The zero-order valence-corrected chi connectivity index (χ0v) is 9.03. The van der Waals surface area contributed by atoms with E-state index in [9.17, 15) is 8.78 Å². The molecule has 0 atom stereocenters. The molecule has 2 rings (SSSR count). The summed E-state index contributed by atoms with van der Waals surface area (Å²) in [4.78, 5) is 3.92. The van der Waals surface area contributed by atoms with Gasteiger partial charge in [-0.1, -0.05) is 23.7 Å². The van der Waals surface area contributed by atoms with Gasteiger partial charge < -0.3 is 0 Å². The molecule has 0 unspecified atom stereocenters. The summed E-state index contributed by atoms with van der Waals surface area (Å²) in [5.41, 5.74) is 0.802. The molecule has 0 fully saturated rings. The van der Waals surface area contributed by atoms with Gasteiger partial charge in [0.2, 0.25) is 0 Å². The number of nitrogens with zero attached hydrogens (tertiary/aromatic N) is 1. The van der Waals surface area contributed by atoms with Crippen molar-refractivity contribution in [3.8, 4) is 10.6 Å². The number of hydrogen-bond acceptors (Lipinski definition) is 2. The van der Waals surface area contributed by atoms with Crippen molar-refractivity contribution < 1.29 is 8.78 Å². The smallest absolute Gasteiger partial charge is 0.244 e. The Labute approximate surface area is 94.3 Å². The zero-order valence-electron chi connectivity index (χ0n) is 7.45. The van der Waals surface area contributed by atoms with Gasteiger partial charge in [-0.25, -0.2) is 13.8 Å². The highest BCUT2D eigenvalue weighted by Gasteiger charge is 2.12. The van der Waals surface area contributed by atoms with Crippen molar-refractivity contribution in [2.45, 2.75) is 6.43 Å². The molecule has 0 aliphatic rings. The molecule has 0 aliphatic carbocycles. The van der Waals surface area contributed by atoms with Crippen molar-refractivity contribution in [2.75, 3.05) is 0 Å². The Morgan fingerprint density at radius 2 is 1.87 bits per heavy atom. The molecular weight excluding hydrogens is 240 g/mol. The van der Waals surface area contributed by atoms with Gasteiger partial charge in [0.1, 0.15) is 5.01 Å². The molecule has 0 spiro atoms. The first kappa shape index (κ1) is 10.5. The average molecular weight is 246 g/mol. The molecule has 0 amide bonds. The van der Waals surface area contributed by atoms with Gasteiger partial charge in [-0.2, -0.15) is 0 Å². The Kier molecular flexibility index (Phi) is 2.98. The third-order valence-electron chi connectivity index (χ3n) is 1.83. The third kappa shape index (κ3) is 2.33. The summed E-state index contributed by atoms with van der Waals surface area (Å²) in [5.74, 6) is 0. The highest BCUT2D eigenvalue weighted by molar-refractivity contribution is 7.15. The number of thiazole rings is 1. The molecule has 0 saturated heterocycles. The predicted octanol–water partition coefficient (Wildman–Crippen LogP) is 4.40. The highest BCUT2D eigenvalue weighted by Crippen LogP contribution is 2.31. The van der Waals surface area contributed by atoms with E-state index in [0.29, 0.717) is 10.0 Å². The Morgan fingerprint density at radius 3 is 2.40 bits per heavy atom. The van der Waals surface area contributed by atoms with E-state index >= 15 is 0 Å². The fourth-order valence-electron chi connectivity index (χ4n) is 1.11. The predicted molar refractivity (Wildman–Crippen MR) is 57.5 cm³/mol. The van der Waals surface area contributed by atoms with Crippen LogP contribution in [0.2, 0.25) is 5.02 Å². The van der Waals surface area contributed by atoms with Gasteiger partial charge in [-0.3, -0.25) is 0 Å². The summed E-state index contributed by atoms with van der Waals surface area (Å²) in [6, 6.07) is 6.94. The minimum atomic E-state index is -2.46. The summed E-state index contributed by atoms with van der Waals surface area (Å²) in [6.45, 7) is 0. The zero-order chi connectivity index (χ0) is 10.8. The molecule has 78 valence electrons. The molecule has 0 bridgehead atoms. The van der Waals surface area contributed by atoms with Crippen LogP contribution in [-0.2, 0) is 0 Å². The van der Waals surface area contributed by atoms with E-state index in [1.807, 2.05) is 0 Å². The monoisotopic (exact) mass is 245 g/mol. The summed E-state index contributed by atoms with van der Waals surface area (Å²) in [6.07, 6.45) is -1.25. The second-order valence-electron chi connectivity index (χ2n) is 2.88. The van der Waals surface area contributed by atoms with Crippen LogP contribution < -0.4 is 0 Å². The molecule has 15 heavy (non-hydrogen) atoms. The quantitative estimate of drug-likeness (QED) is 0.764. The molecule has 0 aliphatic heterocycles. The molecule has 1 nitrogen and oxygen atoms in total. The maximum atomic E-state index is 12.3. The third-order valence-corrected chi connectivity index (χ3v) is 3.14. The Morgan fingerprint density at radius 1 is 1.20 bits per heavy atom. The van der Waals surface area contributed by atoms with Crippen molar-refractivity contribution in [1.29, 1.82) is 0 Å². The molecule has 1 heterocycles. The summed E-state index contributed by atoms with van der Waals surface area (Å²) < 4.78 is 24.6. The van der Waals surface area contributed by atoms with Crippen molar-refractivity contribution >= 4 is 22.9 Å². The normalized spacial score (nSPS) is 10.9. The van der Waals surface area contributed by atoms with Crippen LogP contribution in [0, 0.1) is 0 Å². The van der Waals surface area contributed by atoms with E-state index in [2.05, 4.69) is 4.98 Å². The van der Waals surface area contributed by atoms with Gasteiger partial charge in [0.05, 0.1) is 4.88 Å². The van der Waals surface area contributed by atoms with Crippen molar-refractivity contribution in [1.82, 2.24) is 4.98 Å². The molecule has 1 aromatic carbocycles. The van der Waals surface area contributed by atoms with E-state index in [0.717, 1.165) is 16.9 Å². The Hall–Kier alpha value is -1.000. The van der Waals surface area contributed by atoms with Crippen LogP contribution in [0.25, 0.3) is 10.6 Å². The first-order valence-corrected chi connectivity index (χ1v) is 5.36. The van der Waals surface area contributed by atoms with Gasteiger partial charge >= 0.3 is 0 Å². The van der Waals surface area contributed by atoms with E-state index < -0.39 is 6.43 Å². The molecule has 1 aromatic heterocycles. The molecule has 2 aromatic rings. The summed E-state index contributed by atoms with van der Waals surface area (Å²) in [5, 5.41) is 1.20. The van der Waals surface area contributed by atoms with Crippen LogP contribution in [0.1, 0.15) is 11.3 Å². The molecule has 0 saturated carbocycles. The fraction of sp³-hybridized carbons (Fsp3) is 0.100. The number of halogens is 3. The highest BCUT2D eigenvalue weighted by atomic mass is 35.5.